The summed E-state index contributed by atoms with van der Waals surface area (Å²) >= 11 is 1.69. The zero-order valence-corrected chi connectivity index (χ0v) is 15.6. The molecule has 0 saturated carbocycles. The summed E-state index contributed by atoms with van der Waals surface area (Å²) in [5.74, 6) is 0.00526. The Kier molecular flexibility index (Phi) is 7.03. The van der Waals surface area contributed by atoms with Crippen LogP contribution in [0.2, 0.25) is 0 Å². The van der Waals surface area contributed by atoms with Gasteiger partial charge in [-0.15, -0.1) is 0 Å². The number of amides is 1. The quantitative estimate of drug-likeness (QED) is 0.794. The van der Waals surface area contributed by atoms with Crippen molar-refractivity contribution in [1.82, 2.24) is 10.2 Å². The van der Waals surface area contributed by atoms with Crippen molar-refractivity contribution in [3.8, 4) is 5.75 Å². The molecule has 1 aliphatic rings. The predicted molar refractivity (Wildman–Crippen MR) is 102 cm³/mol. The van der Waals surface area contributed by atoms with E-state index in [9.17, 15) is 9.18 Å². The lowest BCUT2D eigenvalue weighted by atomic mass is 10.1. The number of rotatable bonds is 7. The second-order valence-electron chi connectivity index (χ2n) is 6.57. The molecular formula is C20H25FN2O2S. The lowest BCUT2D eigenvalue weighted by Crippen LogP contribution is -2.40. The van der Waals surface area contributed by atoms with Gasteiger partial charge in [0.25, 0.3) is 5.91 Å². The van der Waals surface area contributed by atoms with E-state index in [4.69, 9.17) is 4.74 Å². The van der Waals surface area contributed by atoms with Crippen molar-refractivity contribution >= 4 is 17.2 Å². The number of likely N-dealkylation sites (tertiary alicyclic amines) is 1. The molecule has 0 aliphatic carbocycles. The predicted octanol–water partition coefficient (Wildman–Crippen LogP) is 4.00. The maximum absolute atomic E-state index is 12.9. The van der Waals surface area contributed by atoms with Gasteiger partial charge in [-0.2, -0.15) is 11.3 Å². The van der Waals surface area contributed by atoms with Gasteiger partial charge in [-0.1, -0.05) is 12.8 Å². The molecule has 0 radical (unpaired) electrons. The van der Waals surface area contributed by atoms with Gasteiger partial charge in [0.2, 0.25) is 0 Å². The summed E-state index contributed by atoms with van der Waals surface area (Å²) in [6, 6.07) is 8.02. The van der Waals surface area contributed by atoms with E-state index in [1.165, 1.54) is 55.5 Å². The van der Waals surface area contributed by atoms with Crippen LogP contribution in [0.4, 0.5) is 4.39 Å². The monoisotopic (exact) mass is 376 g/mol. The summed E-state index contributed by atoms with van der Waals surface area (Å²) in [4.78, 5) is 14.7. The zero-order valence-electron chi connectivity index (χ0n) is 14.8. The lowest BCUT2D eigenvalue weighted by Gasteiger charge is -2.30. The Bertz CT molecular complexity index is 668. The van der Waals surface area contributed by atoms with Crippen molar-refractivity contribution in [2.45, 2.75) is 31.7 Å². The molecule has 1 atom stereocenters. The Morgan fingerprint density at radius 3 is 2.54 bits per heavy atom. The molecule has 1 aliphatic heterocycles. The Morgan fingerprint density at radius 2 is 1.88 bits per heavy atom. The summed E-state index contributed by atoms with van der Waals surface area (Å²) in [5, 5.41) is 7.24. The van der Waals surface area contributed by atoms with Gasteiger partial charge in [-0.05, 0) is 72.6 Å². The molecule has 140 valence electrons. The van der Waals surface area contributed by atoms with Crippen molar-refractivity contribution in [1.29, 1.82) is 0 Å². The first-order valence-corrected chi connectivity index (χ1v) is 10.1. The molecule has 1 aromatic heterocycles. The van der Waals surface area contributed by atoms with Crippen LogP contribution in [0.25, 0.3) is 0 Å². The molecule has 1 N–H and O–H groups in total. The molecule has 4 nitrogen and oxygen atoms in total. The standard InChI is InChI=1S/C20H25FN2O2S/c21-17-5-7-18(8-6-17)25-14-20(24)22-13-19(16-9-12-26-15-16)23-10-3-1-2-4-11-23/h5-9,12,15,19H,1-4,10-11,13-14H2,(H,22,24)/t19-/m1/s1. The second kappa shape index (κ2) is 9.69. The van der Waals surface area contributed by atoms with Crippen LogP contribution in [0.3, 0.4) is 0 Å². The van der Waals surface area contributed by atoms with Gasteiger partial charge >= 0.3 is 0 Å². The molecule has 0 bridgehead atoms. The highest BCUT2D eigenvalue weighted by molar-refractivity contribution is 7.07. The second-order valence-corrected chi connectivity index (χ2v) is 7.35. The summed E-state index contributed by atoms with van der Waals surface area (Å²) in [6.45, 7) is 2.65. The van der Waals surface area contributed by atoms with Gasteiger partial charge in [0, 0.05) is 6.54 Å². The van der Waals surface area contributed by atoms with Gasteiger partial charge in [-0.25, -0.2) is 4.39 Å². The summed E-state index contributed by atoms with van der Waals surface area (Å²) in [7, 11) is 0. The van der Waals surface area contributed by atoms with E-state index in [1.807, 2.05) is 0 Å². The molecule has 0 unspecified atom stereocenters. The fraction of sp³-hybridized carbons (Fsp3) is 0.450. The maximum atomic E-state index is 12.9. The Balaban J connectivity index is 1.53. The van der Waals surface area contributed by atoms with Gasteiger partial charge in [0.1, 0.15) is 11.6 Å². The number of carbonyl (C=O) groups is 1. The number of benzene rings is 1. The normalized spacial score (nSPS) is 16.7. The number of halogens is 1. The van der Waals surface area contributed by atoms with Crippen molar-refractivity contribution < 1.29 is 13.9 Å². The summed E-state index contributed by atoms with van der Waals surface area (Å²) < 4.78 is 18.3. The minimum Gasteiger partial charge on any atom is -0.484 e. The number of hydrogen-bond donors (Lipinski definition) is 1. The van der Waals surface area contributed by atoms with Crippen molar-refractivity contribution in [3.05, 3.63) is 52.5 Å². The number of carbonyl (C=O) groups excluding carboxylic acids is 1. The van der Waals surface area contributed by atoms with E-state index in [0.29, 0.717) is 12.3 Å². The molecule has 0 spiro atoms. The van der Waals surface area contributed by atoms with Crippen LogP contribution in [0.5, 0.6) is 5.75 Å². The molecule has 2 heterocycles. The average molecular weight is 376 g/mol. The first-order valence-electron chi connectivity index (χ1n) is 9.13. The number of nitrogens with one attached hydrogen (secondary N) is 1. The highest BCUT2D eigenvalue weighted by atomic mass is 32.1. The van der Waals surface area contributed by atoms with Gasteiger partial charge in [0.15, 0.2) is 6.61 Å². The SMILES string of the molecule is O=C(COc1ccc(F)cc1)NC[C@H](c1ccsc1)N1CCCCCC1. The molecular weight excluding hydrogens is 351 g/mol. The van der Waals surface area contributed by atoms with Crippen LogP contribution in [-0.2, 0) is 4.79 Å². The van der Waals surface area contributed by atoms with Crippen LogP contribution in [0.15, 0.2) is 41.1 Å². The van der Waals surface area contributed by atoms with E-state index in [-0.39, 0.29) is 24.4 Å². The molecule has 1 aromatic carbocycles. The highest BCUT2D eigenvalue weighted by Crippen LogP contribution is 2.25. The smallest absolute Gasteiger partial charge is 0.258 e. The van der Waals surface area contributed by atoms with Crippen LogP contribution in [0, 0.1) is 5.82 Å². The number of thiophene rings is 1. The fourth-order valence-corrected chi connectivity index (χ4v) is 3.98. The Hall–Kier alpha value is -1.92. The molecule has 1 fully saturated rings. The van der Waals surface area contributed by atoms with Crippen molar-refractivity contribution in [2.75, 3.05) is 26.2 Å². The zero-order chi connectivity index (χ0) is 18.2. The van der Waals surface area contributed by atoms with E-state index in [0.717, 1.165) is 13.1 Å². The van der Waals surface area contributed by atoms with Crippen LogP contribution in [0.1, 0.15) is 37.3 Å². The van der Waals surface area contributed by atoms with Crippen molar-refractivity contribution in [2.24, 2.45) is 0 Å². The molecule has 1 saturated heterocycles. The average Bonchev–Trinajstić information content (AvgIpc) is 3.04. The summed E-state index contributed by atoms with van der Waals surface area (Å²) in [5.41, 5.74) is 1.26. The third-order valence-corrected chi connectivity index (χ3v) is 5.39. The van der Waals surface area contributed by atoms with Crippen LogP contribution < -0.4 is 10.1 Å². The number of hydrogen-bond acceptors (Lipinski definition) is 4. The van der Waals surface area contributed by atoms with Gasteiger partial charge in [0.05, 0.1) is 6.04 Å². The largest absolute Gasteiger partial charge is 0.484 e. The Morgan fingerprint density at radius 1 is 1.15 bits per heavy atom. The Labute approximate surface area is 158 Å². The first-order chi connectivity index (χ1) is 12.7. The van der Waals surface area contributed by atoms with Gasteiger partial charge < -0.3 is 10.1 Å². The number of nitrogens with zero attached hydrogens (tertiary/aromatic N) is 1. The third kappa shape index (κ3) is 5.54. The fourth-order valence-electron chi connectivity index (χ4n) is 3.27. The highest BCUT2D eigenvalue weighted by Gasteiger charge is 2.22. The van der Waals surface area contributed by atoms with E-state index in [1.54, 1.807) is 11.3 Å². The lowest BCUT2D eigenvalue weighted by molar-refractivity contribution is -0.123. The topological polar surface area (TPSA) is 41.6 Å². The maximum Gasteiger partial charge on any atom is 0.258 e. The van der Waals surface area contributed by atoms with E-state index in [2.05, 4.69) is 27.0 Å². The van der Waals surface area contributed by atoms with E-state index < -0.39 is 0 Å². The molecule has 3 rings (SSSR count). The minimum absolute atomic E-state index is 0.0675. The first kappa shape index (κ1) is 18.9. The van der Waals surface area contributed by atoms with Crippen molar-refractivity contribution in [3.63, 3.8) is 0 Å². The number of ether oxygens (including phenoxy) is 1. The summed E-state index contributed by atoms with van der Waals surface area (Å²) in [6.07, 6.45) is 4.99. The minimum atomic E-state index is -0.321. The third-order valence-electron chi connectivity index (χ3n) is 4.69. The molecule has 2 aromatic rings. The molecule has 1 amide bonds. The molecule has 26 heavy (non-hydrogen) atoms. The molecule has 6 heteroatoms. The van der Waals surface area contributed by atoms with Gasteiger partial charge in [-0.3, -0.25) is 9.69 Å². The van der Waals surface area contributed by atoms with E-state index >= 15 is 0 Å². The van der Waals surface area contributed by atoms with Crippen LogP contribution >= 0.6 is 11.3 Å². The van der Waals surface area contributed by atoms with Crippen LogP contribution in [-0.4, -0.2) is 37.0 Å².